The molecule has 1 aromatic heterocycles. The maximum atomic E-state index is 8.75. The number of rotatable bonds is 4. The third kappa shape index (κ3) is 3.06. The van der Waals surface area contributed by atoms with Gasteiger partial charge in [0.1, 0.15) is 18.1 Å². The lowest BCUT2D eigenvalue weighted by atomic mass is 10.1. The molecule has 0 saturated carbocycles. The van der Waals surface area contributed by atoms with Crippen LogP contribution < -0.4 is 10.5 Å². The molecular weight excluding hydrogens is 254 g/mol. The van der Waals surface area contributed by atoms with E-state index in [0.717, 1.165) is 11.3 Å². The topological polar surface area (TPSA) is 80.7 Å². The molecule has 0 aliphatic rings. The Kier molecular flexibility index (Phi) is 4.20. The minimum atomic E-state index is -0.0238. The van der Waals surface area contributed by atoms with Crippen molar-refractivity contribution < 1.29 is 9.94 Å². The molecule has 20 heavy (non-hydrogen) atoms. The highest BCUT2D eigenvalue weighted by Crippen LogP contribution is 2.18. The summed E-state index contributed by atoms with van der Waals surface area (Å²) in [4.78, 5) is 4.10. The highest BCUT2D eigenvalue weighted by Gasteiger charge is 2.09. The molecule has 0 saturated heterocycles. The van der Waals surface area contributed by atoms with Crippen LogP contribution in [-0.4, -0.2) is 16.0 Å². The van der Waals surface area contributed by atoms with Gasteiger partial charge in [0.15, 0.2) is 5.84 Å². The summed E-state index contributed by atoms with van der Waals surface area (Å²) in [5.74, 6) is 0.756. The van der Waals surface area contributed by atoms with Gasteiger partial charge >= 0.3 is 0 Å². The smallest absolute Gasteiger partial charge is 0.189 e. The van der Waals surface area contributed by atoms with Gasteiger partial charge in [0.25, 0.3) is 0 Å². The van der Waals surface area contributed by atoms with E-state index in [1.165, 1.54) is 11.1 Å². The van der Waals surface area contributed by atoms with E-state index in [4.69, 9.17) is 15.7 Å². The van der Waals surface area contributed by atoms with Gasteiger partial charge in [-0.05, 0) is 43.2 Å². The van der Waals surface area contributed by atoms with Crippen molar-refractivity contribution in [1.29, 1.82) is 0 Å². The van der Waals surface area contributed by atoms with Crippen LogP contribution in [-0.2, 0) is 6.61 Å². The monoisotopic (exact) mass is 271 g/mol. The molecule has 0 aliphatic heterocycles. The first-order valence-electron chi connectivity index (χ1n) is 6.23. The van der Waals surface area contributed by atoms with Gasteiger partial charge in [0.2, 0.25) is 0 Å². The van der Waals surface area contributed by atoms with Crippen LogP contribution in [0.3, 0.4) is 0 Å². The van der Waals surface area contributed by atoms with Crippen molar-refractivity contribution in [2.24, 2.45) is 10.9 Å². The van der Waals surface area contributed by atoms with E-state index < -0.39 is 0 Å². The quantitative estimate of drug-likeness (QED) is 0.387. The zero-order chi connectivity index (χ0) is 14.5. The number of nitrogens with two attached hydrogens (primary N) is 1. The average molecular weight is 271 g/mol. The molecule has 0 amide bonds. The standard InChI is InChI=1S/C15H17N3O2/c1-10-5-6-13(8-11(10)2)20-9-12-4-3-7-17-14(12)15(16)18-19/h3-8,19H,9H2,1-2H3,(H2,16,18). The molecule has 2 rings (SSSR count). The predicted molar refractivity (Wildman–Crippen MR) is 77.0 cm³/mol. The summed E-state index contributed by atoms with van der Waals surface area (Å²) >= 11 is 0. The van der Waals surface area contributed by atoms with Crippen LogP contribution in [0.4, 0.5) is 0 Å². The van der Waals surface area contributed by atoms with Crippen molar-refractivity contribution in [2.45, 2.75) is 20.5 Å². The molecule has 2 aromatic rings. The van der Waals surface area contributed by atoms with E-state index in [1.54, 1.807) is 12.3 Å². The van der Waals surface area contributed by atoms with Crippen LogP contribution in [0, 0.1) is 13.8 Å². The van der Waals surface area contributed by atoms with Crippen LogP contribution in [0.25, 0.3) is 0 Å². The highest BCUT2D eigenvalue weighted by atomic mass is 16.5. The third-order valence-electron chi connectivity index (χ3n) is 3.11. The summed E-state index contributed by atoms with van der Waals surface area (Å²) < 4.78 is 5.73. The molecule has 0 aliphatic carbocycles. The van der Waals surface area contributed by atoms with Gasteiger partial charge in [0, 0.05) is 11.8 Å². The number of benzene rings is 1. The Morgan fingerprint density at radius 3 is 2.80 bits per heavy atom. The zero-order valence-corrected chi connectivity index (χ0v) is 11.5. The van der Waals surface area contributed by atoms with E-state index in [2.05, 4.69) is 17.1 Å². The Morgan fingerprint density at radius 1 is 1.30 bits per heavy atom. The molecule has 0 radical (unpaired) electrons. The maximum Gasteiger partial charge on any atom is 0.189 e. The van der Waals surface area contributed by atoms with Crippen molar-refractivity contribution in [3.8, 4) is 5.75 Å². The molecule has 5 nitrogen and oxygen atoms in total. The fraction of sp³-hybridized carbons (Fsp3) is 0.200. The van der Waals surface area contributed by atoms with E-state index >= 15 is 0 Å². The van der Waals surface area contributed by atoms with Crippen molar-refractivity contribution in [1.82, 2.24) is 4.98 Å². The Hall–Kier alpha value is -2.56. The minimum Gasteiger partial charge on any atom is -0.489 e. The van der Waals surface area contributed by atoms with E-state index in [0.29, 0.717) is 12.3 Å². The second-order valence-corrected chi connectivity index (χ2v) is 4.53. The lowest BCUT2D eigenvalue weighted by molar-refractivity contribution is 0.304. The Balaban J connectivity index is 2.17. The number of hydrogen-bond donors (Lipinski definition) is 2. The van der Waals surface area contributed by atoms with Crippen molar-refractivity contribution in [3.05, 3.63) is 58.9 Å². The number of oxime groups is 1. The first kappa shape index (κ1) is 13.9. The fourth-order valence-corrected chi connectivity index (χ4v) is 1.80. The minimum absolute atomic E-state index is 0.0238. The van der Waals surface area contributed by atoms with E-state index in [9.17, 15) is 0 Å². The first-order valence-corrected chi connectivity index (χ1v) is 6.23. The fourth-order valence-electron chi connectivity index (χ4n) is 1.80. The van der Waals surface area contributed by atoms with Gasteiger partial charge in [-0.25, -0.2) is 0 Å². The molecule has 5 heteroatoms. The molecule has 1 aromatic carbocycles. The van der Waals surface area contributed by atoms with E-state index in [1.807, 2.05) is 31.2 Å². The molecule has 0 bridgehead atoms. The molecule has 0 fully saturated rings. The summed E-state index contributed by atoms with van der Waals surface area (Å²) in [6.45, 7) is 4.40. The lowest BCUT2D eigenvalue weighted by Gasteiger charge is -2.10. The van der Waals surface area contributed by atoms with Crippen molar-refractivity contribution >= 4 is 5.84 Å². The SMILES string of the molecule is Cc1ccc(OCc2cccnc2C(N)=NO)cc1C. The Morgan fingerprint density at radius 2 is 2.10 bits per heavy atom. The summed E-state index contributed by atoms with van der Waals surface area (Å²) in [6.07, 6.45) is 1.59. The largest absolute Gasteiger partial charge is 0.489 e. The molecule has 0 atom stereocenters. The summed E-state index contributed by atoms with van der Waals surface area (Å²) in [7, 11) is 0. The van der Waals surface area contributed by atoms with Crippen LogP contribution in [0.5, 0.6) is 5.75 Å². The number of nitrogens with zero attached hydrogens (tertiary/aromatic N) is 2. The third-order valence-corrected chi connectivity index (χ3v) is 3.11. The number of aryl methyl sites for hydroxylation is 2. The van der Waals surface area contributed by atoms with Gasteiger partial charge in [-0.3, -0.25) is 4.98 Å². The van der Waals surface area contributed by atoms with Gasteiger partial charge in [-0.2, -0.15) is 0 Å². The maximum absolute atomic E-state index is 8.75. The number of amidine groups is 1. The molecule has 0 unspecified atom stereocenters. The van der Waals surface area contributed by atoms with Crippen LogP contribution in [0.15, 0.2) is 41.7 Å². The lowest BCUT2D eigenvalue weighted by Crippen LogP contribution is -2.18. The normalized spacial score (nSPS) is 11.4. The second-order valence-electron chi connectivity index (χ2n) is 4.53. The van der Waals surface area contributed by atoms with Gasteiger partial charge in [0.05, 0.1) is 0 Å². The van der Waals surface area contributed by atoms with Crippen molar-refractivity contribution in [3.63, 3.8) is 0 Å². The number of ether oxygens (including phenoxy) is 1. The highest BCUT2D eigenvalue weighted by molar-refractivity contribution is 5.96. The Labute approximate surface area is 117 Å². The number of hydrogen-bond acceptors (Lipinski definition) is 4. The summed E-state index contributed by atoms with van der Waals surface area (Å²) in [5.41, 5.74) is 9.17. The molecule has 104 valence electrons. The van der Waals surface area contributed by atoms with Gasteiger partial charge < -0.3 is 15.7 Å². The summed E-state index contributed by atoms with van der Waals surface area (Å²) in [5, 5.41) is 11.7. The zero-order valence-electron chi connectivity index (χ0n) is 11.5. The van der Waals surface area contributed by atoms with Gasteiger partial charge in [-0.15, -0.1) is 0 Å². The van der Waals surface area contributed by atoms with Gasteiger partial charge in [-0.1, -0.05) is 17.3 Å². The number of aromatic nitrogens is 1. The molecule has 1 heterocycles. The average Bonchev–Trinajstić information content (AvgIpc) is 2.48. The molecular formula is C15H17N3O2. The Bertz CT molecular complexity index is 639. The summed E-state index contributed by atoms with van der Waals surface area (Å²) in [6, 6.07) is 9.53. The number of pyridine rings is 1. The van der Waals surface area contributed by atoms with Crippen LogP contribution in [0.1, 0.15) is 22.4 Å². The predicted octanol–water partition coefficient (Wildman–Crippen LogP) is 2.37. The van der Waals surface area contributed by atoms with Crippen LogP contribution in [0.2, 0.25) is 0 Å². The van der Waals surface area contributed by atoms with Crippen molar-refractivity contribution in [2.75, 3.05) is 0 Å². The van der Waals surface area contributed by atoms with Crippen LogP contribution >= 0.6 is 0 Å². The first-order chi connectivity index (χ1) is 9.61. The molecule has 3 N–H and O–H groups in total. The molecule has 0 spiro atoms. The second kappa shape index (κ2) is 6.06. The van der Waals surface area contributed by atoms with E-state index in [-0.39, 0.29) is 5.84 Å².